The summed E-state index contributed by atoms with van der Waals surface area (Å²) in [4.78, 5) is 17.1. The van der Waals surface area contributed by atoms with Gasteiger partial charge in [0.25, 0.3) is 5.91 Å². The molecule has 25 heavy (non-hydrogen) atoms. The maximum atomic E-state index is 12.6. The summed E-state index contributed by atoms with van der Waals surface area (Å²) in [6.07, 6.45) is 0. The molecule has 2 aromatic carbocycles. The van der Waals surface area contributed by atoms with Crippen LogP contribution in [0.15, 0.2) is 51.3 Å². The number of furan rings is 1. The molecule has 0 saturated heterocycles. The highest BCUT2D eigenvalue weighted by Gasteiger charge is 2.22. The molecule has 5 heteroatoms. The average Bonchev–Trinajstić information content (AvgIpc) is 3.16. The minimum Gasteiger partial charge on any atom is -0.451 e. The lowest BCUT2D eigenvalue weighted by atomic mass is 10.1. The summed E-state index contributed by atoms with van der Waals surface area (Å²) in [5.41, 5.74) is 4.12. The molecule has 0 aliphatic rings. The van der Waals surface area contributed by atoms with Crippen molar-refractivity contribution in [3.05, 3.63) is 65.2 Å². The highest BCUT2D eigenvalue weighted by Crippen LogP contribution is 2.27. The van der Waals surface area contributed by atoms with Crippen LogP contribution in [0.4, 0.5) is 0 Å². The van der Waals surface area contributed by atoms with E-state index >= 15 is 0 Å². The summed E-state index contributed by atoms with van der Waals surface area (Å²) in [5.74, 6) is 0.517. The first-order valence-electron chi connectivity index (χ1n) is 8.19. The minimum atomic E-state index is -0.366. The van der Waals surface area contributed by atoms with Crippen LogP contribution in [0.5, 0.6) is 0 Å². The van der Waals surface area contributed by atoms with E-state index in [-0.39, 0.29) is 11.9 Å². The summed E-state index contributed by atoms with van der Waals surface area (Å²) >= 11 is 0. The normalized spacial score (nSPS) is 12.6. The zero-order valence-corrected chi connectivity index (χ0v) is 14.3. The highest BCUT2D eigenvalue weighted by molar-refractivity contribution is 5.99. The Kier molecular flexibility index (Phi) is 3.57. The van der Waals surface area contributed by atoms with Crippen molar-refractivity contribution in [1.29, 1.82) is 0 Å². The summed E-state index contributed by atoms with van der Waals surface area (Å²) < 4.78 is 11.5. The molecular weight excluding hydrogens is 316 g/mol. The Hall–Kier alpha value is -3.08. The van der Waals surface area contributed by atoms with E-state index in [1.165, 1.54) is 0 Å². The number of carbonyl (C=O) groups is 1. The third-order valence-corrected chi connectivity index (χ3v) is 4.33. The predicted molar refractivity (Wildman–Crippen MR) is 95.6 cm³/mol. The molecule has 0 aliphatic heterocycles. The first-order valence-corrected chi connectivity index (χ1v) is 8.19. The number of hydrogen-bond acceptors (Lipinski definition) is 4. The number of amides is 1. The van der Waals surface area contributed by atoms with Gasteiger partial charge in [-0.1, -0.05) is 24.3 Å². The van der Waals surface area contributed by atoms with Crippen LogP contribution >= 0.6 is 0 Å². The zero-order chi connectivity index (χ0) is 17.6. The smallest absolute Gasteiger partial charge is 0.287 e. The first kappa shape index (κ1) is 15.4. The molecule has 2 aromatic heterocycles. The van der Waals surface area contributed by atoms with Crippen LogP contribution in [0.2, 0.25) is 0 Å². The largest absolute Gasteiger partial charge is 0.451 e. The number of nitrogens with one attached hydrogen (secondary N) is 1. The molecule has 0 saturated carbocycles. The molecular formula is C20H18N2O3. The Bertz CT molecular complexity index is 1060. The number of rotatable bonds is 3. The Morgan fingerprint density at radius 1 is 1.08 bits per heavy atom. The SMILES string of the molecule is Cc1ccc2c(C)c(C(=O)NC(C)c3nc4ccccc4o3)oc2c1. The molecule has 1 unspecified atom stereocenters. The second-order valence-corrected chi connectivity index (χ2v) is 6.27. The van der Waals surface area contributed by atoms with E-state index in [2.05, 4.69) is 10.3 Å². The van der Waals surface area contributed by atoms with E-state index < -0.39 is 0 Å². The van der Waals surface area contributed by atoms with E-state index in [9.17, 15) is 4.79 Å². The zero-order valence-electron chi connectivity index (χ0n) is 14.3. The molecule has 126 valence electrons. The van der Waals surface area contributed by atoms with Gasteiger partial charge in [-0.25, -0.2) is 4.98 Å². The summed E-state index contributed by atoms with van der Waals surface area (Å²) in [6, 6.07) is 13.1. The van der Waals surface area contributed by atoms with Gasteiger partial charge in [-0.05, 0) is 44.5 Å². The molecule has 1 amide bonds. The number of oxazole rings is 1. The van der Waals surface area contributed by atoms with Gasteiger partial charge in [0, 0.05) is 10.9 Å². The maximum Gasteiger partial charge on any atom is 0.287 e. The van der Waals surface area contributed by atoms with E-state index in [0.29, 0.717) is 17.2 Å². The maximum absolute atomic E-state index is 12.6. The fraction of sp³-hybridized carbons (Fsp3) is 0.200. The second-order valence-electron chi connectivity index (χ2n) is 6.27. The lowest BCUT2D eigenvalue weighted by molar-refractivity contribution is 0.0907. The number of carbonyl (C=O) groups excluding carboxylic acids is 1. The number of benzene rings is 2. The molecule has 0 aliphatic carbocycles. The van der Waals surface area contributed by atoms with Gasteiger partial charge in [0.15, 0.2) is 11.3 Å². The third kappa shape index (κ3) is 2.67. The topological polar surface area (TPSA) is 68.3 Å². The highest BCUT2D eigenvalue weighted by atomic mass is 16.4. The minimum absolute atomic E-state index is 0.277. The van der Waals surface area contributed by atoms with E-state index in [4.69, 9.17) is 8.83 Å². The van der Waals surface area contributed by atoms with Gasteiger partial charge in [-0.3, -0.25) is 4.79 Å². The van der Waals surface area contributed by atoms with Crippen molar-refractivity contribution in [3.63, 3.8) is 0 Å². The van der Waals surface area contributed by atoms with Gasteiger partial charge in [-0.2, -0.15) is 0 Å². The van der Waals surface area contributed by atoms with Gasteiger partial charge in [-0.15, -0.1) is 0 Å². The number of aryl methyl sites for hydroxylation is 2. The molecule has 1 N–H and O–H groups in total. The number of hydrogen-bond donors (Lipinski definition) is 1. The molecule has 2 heterocycles. The van der Waals surface area contributed by atoms with Crippen molar-refractivity contribution in [1.82, 2.24) is 10.3 Å². The summed E-state index contributed by atoms with van der Waals surface area (Å²) in [5, 5.41) is 3.85. The van der Waals surface area contributed by atoms with Crippen molar-refractivity contribution in [2.45, 2.75) is 26.8 Å². The van der Waals surface area contributed by atoms with E-state index in [1.54, 1.807) is 0 Å². The molecule has 0 radical (unpaired) electrons. The predicted octanol–water partition coefficient (Wildman–Crippen LogP) is 4.68. The molecule has 1 atom stereocenters. The standard InChI is InChI=1S/C20H18N2O3/c1-11-8-9-14-12(2)18(24-17(14)10-11)19(23)21-13(3)20-22-15-6-4-5-7-16(15)25-20/h4-10,13H,1-3H3,(H,21,23). The molecule has 4 rings (SSSR count). The molecule has 5 nitrogen and oxygen atoms in total. The van der Waals surface area contributed by atoms with E-state index in [1.807, 2.05) is 63.2 Å². The quantitative estimate of drug-likeness (QED) is 0.590. The van der Waals surface area contributed by atoms with Gasteiger partial charge in [0.05, 0.1) is 0 Å². The van der Waals surface area contributed by atoms with Crippen LogP contribution < -0.4 is 5.32 Å². The van der Waals surface area contributed by atoms with Gasteiger partial charge in [0.2, 0.25) is 5.89 Å². The molecule has 0 fully saturated rings. The Balaban J connectivity index is 1.62. The van der Waals surface area contributed by atoms with Crippen molar-refractivity contribution in [2.75, 3.05) is 0 Å². The Labute approximate surface area is 144 Å². The van der Waals surface area contributed by atoms with Gasteiger partial charge >= 0.3 is 0 Å². The Morgan fingerprint density at radius 2 is 1.88 bits per heavy atom. The molecule has 0 bridgehead atoms. The van der Waals surface area contributed by atoms with Crippen molar-refractivity contribution >= 4 is 28.0 Å². The van der Waals surface area contributed by atoms with Crippen LogP contribution in [-0.2, 0) is 0 Å². The monoisotopic (exact) mass is 334 g/mol. The van der Waals surface area contributed by atoms with E-state index in [0.717, 1.165) is 27.6 Å². The lowest BCUT2D eigenvalue weighted by Crippen LogP contribution is -2.27. The van der Waals surface area contributed by atoms with Crippen LogP contribution in [0, 0.1) is 13.8 Å². The summed E-state index contributed by atoms with van der Waals surface area (Å²) in [7, 11) is 0. The molecule has 4 aromatic rings. The van der Waals surface area contributed by atoms with Crippen molar-refractivity contribution in [3.8, 4) is 0 Å². The van der Waals surface area contributed by atoms with Gasteiger partial charge < -0.3 is 14.2 Å². The van der Waals surface area contributed by atoms with Crippen LogP contribution in [-0.4, -0.2) is 10.9 Å². The number of nitrogens with zero attached hydrogens (tertiary/aromatic N) is 1. The number of aromatic nitrogens is 1. The summed E-state index contributed by atoms with van der Waals surface area (Å²) in [6.45, 7) is 5.72. The second kappa shape index (κ2) is 5.77. The van der Waals surface area contributed by atoms with Crippen LogP contribution in [0.3, 0.4) is 0 Å². The van der Waals surface area contributed by atoms with Crippen molar-refractivity contribution < 1.29 is 13.6 Å². The van der Waals surface area contributed by atoms with Gasteiger partial charge in [0.1, 0.15) is 17.1 Å². The third-order valence-electron chi connectivity index (χ3n) is 4.33. The van der Waals surface area contributed by atoms with Crippen LogP contribution in [0.1, 0.15) is 40.5 Å². The Morgan fingerprint density at radius 3 is 2.68 bits per heavy atom. The van der Waals surface area contributed by atoms with Crippen LogP contribution in [0.25, 0.3) is 22.1 Å². The fourth-order valence-electron chi connectivity index (χ4n) is 2.95. The fourth-order valence-corrected chi connectivity index (χ4v) is 2.95. The number of fused-ring (bicyclic) bond motifs is 2. The molecule has 0 spiro atoms. The number of para-hydroxylation sites is 2. The lowest BCUT2D eigenvalue weighted by Gasteiger charge is -2.09. The average molecular weight is 334 g/mol. The van der Waals surface area contributed by atoms with Crippen molar-refractivity contribution in [2.24, 2.45) is 0 Å². The first-order chi connectivity index (χ1) is 12.0.